The quantitative estimate of drug-likeness (QED) is 0.741. The Labute approximate surface area is 109 Å². The van der Waals surface area contributed by atoms with Crippen LogP contribution in [-0.2, 0) is 0 Å². The van der Waals surface area contributed by atoms with Gasteiger partial charge in [0.05, 0.1) is 6.61 Å². The topological polar surface area (TPSA) is 73.1 Å². The molecular formula is C13H24N4O. The first kappa shape index (κ1) is 14.7. The van der Waals surface area contributed by atoms with E-state index in [2.05, 4.69) is 29.1 Å². The third kappa shape index (κ3) is 3.84. The van der Waals surface area contributed by atoms with Crippen molar-refractivity contribution in [2.24, 2.45) is 11.1 Å². The Morgan fingerprint density at radius 3 is 2.56 bits per heavy atom. The minimum absolute atomic E-state index is 0.136. The summed E-state index contributed by atoms with van der Waals surface area (Å²) in [6.45, 7) is 8.37. The van der Waals surface area contributed by atoms with E-state index in [0.717, 1.165) is 25.2 Å². The molecule has 1 rings (SSSR count). The zero-order valence-electron chi connectivity index (χ0n) is 11.6. The molecule has 18 heavy (non-hydrogen) atoms. The number of nitrogens with zero attached hydrogens (tertiary/aromatic N) is 2. The second-order valence-electron chi connectivity index (χ2n) is 4.44. The molecule has 5 nitrogen and oxygen atoms in total. The fourth-order valence-electron chi connectivity index (χ4n) is 1.80. The minimum Gasteiger partial charge on any atom is -0.478 e. The Balaban J connectivity index is 2.64. The summed E-state index contributed by atoms with van der Waals surface area (Å²) in [5, 5.41) is 3.33. The van der Waals surface area contributed by atoms with Gasteiger partial charge in [-0.25, -0.2) is 9.97 Å². The summed E-state index contributed by atoms with van der Waals surface area (Å²) >= 11 is 0. The van der Waals surface area contributed by atoms with Gasteiger partial charge in [0.15, 0.2) is 0 Å². The van der Waals surface area contributed by atoms with E-state index in [4.69, 9.17) is 10.5 Å². The molecule has 1 aromatic rings. The summed E-state index contributed by atoms with van der Waals surface area (Å²) < 4.78 is 5.34. The molecule has 0 amide bonds. The molecule has 5 heteroatoms. The van der Waals surface area contributed by atoms with Crippen LogP contribution in [0.1, 0.15) is 33.6 Å². The van der Waals surface area contributed by atoms with Crippen molar-refractivity contribution in [1.29, 1.82) is 0 Å². The summed E-state index contributed by atoms with van der Waals surface area (Å²) in [6, 6.07) is 1.82. The van der Waals surface area contributed by atoms with Crippen LogP contribution in [0.3, 0.4) is 0 Å². The number of aromatic nitrogens is 2. The van der Waals surface area contributed by atoms with Crippen LogP contribution in [0.25, 0.3) is 0 Å². The first-order valence-electron chi connectivity index (χ1n) is 6.58. The van der Waals surface area contributed by atoms with Crippen LogP contribution in [0.2, 0.25) is 0 Å². The van der Waals surface area contributed by atoms with E-state index in [1.165, 1.54) is 6.33 Å². The lowest BCUT2D eigenvalue weighted by Crippen LogP contribution is -2.36. The van der Waals surface area contributed by atoms with Gasteiger partial charge in [0.25, 0.3) is 0 Å². The largest absolute Gasteiger partial charge is 0.478 e. The van der Waals surface area contributed by atoms with Crippen LogP contribution >= 0.6 is 0 Å². The van der Waals surface area contributed by atoms with E-state index >= 15 is 0 Å². The molecule has 0 aliphatic heterocycles. The second kappa shape index (κ2) is 7.16. The van der Waals surface area contributed by atoms with E-state index < -0.39 is 0 Å². The first-order valence-corrected chi connectivity index (χ1v) is 6.58. The SMILES string of the molecule is CCOc1cc(NCC(CC)(CC)CN)ncn1. The summed E-state index contributed by atoms with van der Waals surface area (Å²) in [7, 11) is 0. The Kier molecular flexibility index (Phi) is 5.85. The van der Waals surface area contributed by atoms with Crippen molar-refractivity contribution in [2.75, 3.05) is 25.0 Å². The fraction of sp³-hybridized carbons (Fsp3) is 0.692. The molecule has 0 fully saturated rings. The number of hydrogen-bond acceptors (Lipinski definition) is 5. The molecule has 0 saturated carbocycles. The van der Waals surface area contributed by atoms with Crippen molar-refractivity contribution in [3.05, 3.63) is 12.4 Å². The highest BCUT2D eigenvalue weighted by Crippen LogP contribution is 2.25. The van der Waals surface area contributed by atoms with Crippen LogP contribution in [0, 0.1) is 5.41 Å². The van der Waals surface area contributed by atoms with Crippen molar-refractivity contribution in [1.82, 2.24) is 9.97 Å². The zero-order valence-corrected chi connectivity index (χ0v) is 11.6. The molecule has 0 radical (unpaired) electrons. The van der Waals surface area contributed by atoms with Crippen LogP contribution in [0.4, 0.5) is 5.82 Å². The summed E-state index contributed by atoms with van der Waals surface area (Å²) in [5.74, 6) is 1.38. The monoisotopic (exact) mass is 252 g/mol. The standard InChI is InChI=1S/C13H24N4O/c1-4-13(5-2,8-14)9-15-11-7-12(18-6-3)17-10-16-11/h7,10H,4-6,8-9,14H2,1-3H3,(H,15,16,17). The molecule has 0 bridgehead atoms. The van der Waals surface area contributed by atoms with Gasteiger partial charge in [-0.1, -0.05) is 13.8 Å². The van der Waals surface area contributed by atoms with Crippen molar-refractivity contribution < 1.29 is 4.74 Å². The van der Waals surface area contributed by atoms with Crippen molar-refractivity contribution in [3.8, 4) is 5.88 Å². The third-order valence-electron chi connectivity index (χ3n) is 3.51. The number of rotatable bonds is 8. The Morgan fingerprint density at radius 1 is 1.28 bits per heavy atom. The van der Waals surface area contributed by atoms with Gasteiger partial charge in [0, 0.05) is 12.6 Å². The van der Waals surface area contributed by atoms with Crippen molar-refractivity contribution in [2.45, 2.75) is 33.6 Å². The molecule has 1 aromatic heterocycles. The van der Waals surface area contributed by atoms with E-state index in [1.54, 1.807) is 0 Å². The molecule has 0 unspecified atom stereocenters. The van der Waals surface area contributed by atoms with Gasteiger partial charge in [0.2, 0.25) is 5.88 Å². The van der Waals surface area contributed by atoms with Crippen LogP contribution in [-0.4, -0.2) is 29.7 Å². The number of ether oxygens (including phenoxy) is 1. The van der Waals surface area contributed by atoms with E-state index in [1.807, 2.05) is 13.0 Å². The third-order valence-corrected chi connectivity index (χ3v) is 3.51. The molecule has 3 N–H and O–H groups in total. The molecule has 1 heterocycles. The van der Waals surface area contributed by atoms with E-state index in [-0.39, 0.29) is 5.41 Å². The molecule has 0 aliphatic carbocycles. The highest BCUT2D eigenvalue weighted by molar-refractivity contribution is 5.37. The Hall–Kier alpha value is -1.36. The predicted octanol–water partition coefficient (Wildman–Crippen LogP) is 2.05. The van der Waals surface area contributed by atoms with Crippen molar-refractivity contribution in [3.63, 3.8) is 0 Å². The average Bonchev–Trinajstić information content (AvgIpc) is 2.42. The lowest BCUT2D eigenvalue weighted by atomic mass is 9.82. The maximum Gasteiger partial charge on any atom is 0.218 e. The molecule has 0 spiro atoms. The zero-order chi connectivity index (χ0) is 13.4. The maximum atomic E-state index is 5.87. The van der Waals surface area contributed by atoms with E-state index in [9.17, 15) is 0 Å². The summed E-state index contributed by atoms with van der Waals surface area (Å²) in [4.78, 5) is 8.22. The fourth-order valence-corrected chi connectivity index (χ4v) is 1.80. The number of hydrogen-bond donors (Lipinski definition) is 2. The van der Waals surface area contributed by atoms with Crippen LogP contribution in [0.15, 0.2) is 12.4 Å². The van der Waals surface area contributed by atoms with Gasteiger partial charge in [0.1, 0.15) is 12.1 Å². The first-order chi connectivity index (χ1) is 8.69. The maximum absolute atomic E-state index is 5.87. The molecule has 0 aliphatic rings. The highest BCUT2D eigenvalue weighted by Gasteiger charge is 2.24. The highest BCUT2D eigenvalue weighted by atomic mass is 16.5. The second-order valence-corrected chi connectivity index (χ2v) is 4.44. The smallest absolute Gasteiger partial charge is 0.218 e. The lowest BCUT2D eigenvalue weighted by molar-refractivity contribution is 0.294. The average molecular weight is 252 g/mol. The van der Waals surface area contributed by atoms with Crippen LogP contribution < -0.4 is 15.8 Å². The Morgan fingerprint density at radius 2 is 2.00 bits per heavy atom. The summed E-state index contributed by atoms with van der Waals surface area (Å²) in [5.41, 5.74) is 6.01. The van der Waals surface area contributed by atoms with Gasteiger partial charge in [-0.15, -0.1) is 0 Å². The molecule has 0 atom stereocenters. The van der Waals surface area contributed by atoms with Gasteiger partial charge in [-0.3, -0.25) is 0 Å². The summed E-state index contributed by atoms with van der Waals surface area (Å²) in [6.07, 6.45) is 3.61. The number of nitrogens with one attached hydrogen (secondary N) is 1. The van der Waals surface area contributed by atoms with Gasteiger partial charge < -0.3 is 15.8 Å². The predicted molar refractivity (Wildman–Crippen MR) is 73.8 cm³/mol. The van der Waals surface area contributed by atoms with Gasteiger partial charge in [-0.2, -0.15) is 0 Å². The van der Waals surface area contributed by atoms with Gasteiger partial charge in [-0.05, 0) is 31.7 Å². The number of anilines is 1. The Bertz CT molecular complexity index is 344. The normalized spacial score (nSPS) is 11.3. The van der Waals surface area contributed by atoms with Crippen molar-refractivity contribution >= 4 is 5.82 Å². The molecule has 0 saturated heterocycles. The van der Waals surface area contributed by atoms with Gasteiger partial charge >= 0.3 is 0 Å². The molecular weight excluding hydrogens is 228 g/mol. The number of nitrogens with two attached hydrogens (primary N) is 1. The molecule has 0 aromatic carbocycles. The lowest BCUT2D eigenvalue weighted by Gasteiger charge is -2.30. The van der Waals surface area contributed by atoms with Crippen LogP contribution in [0.5, 0.6) is 5.88 Å². The molecule has 102 valence electrons. The van der Waals surface area contributed by atoms with E-state index in [0.29, 0.717) is 19.0 Å². The minimum atomic E-state index is 0.136.